The molecule has 0 aliphatic heterocycles. The number of aromatic nitrogens is 4. The van der Waals surface area contributed by atoms with Gasteiger partial charge in [-0.15, -0.1) is 0 Å². The first-order valence-corrected chi connectivity index (χ1v) is 6.95. The van der Waals surface area contributed by atoms with Crippen LogP contribution in [0.15, 0.2) is 6.20 Å². The highest BCUT2D eigenvalue weighted by Gasteiger charge is 2.14. The monoisotopic (exact) mass is 277 g/mol. The van der Waals surface area contributed by atoms with Gasteiger partial charge in [0.1, 0.15) is 5.82 Å². The quantitative estimate of drug-likeness (QED) is 0.755. The average molecular weight is 277 g/mol. The van der Waals surface area contributed by atoms with Gasteiger partial charge in [-0.2, -0.15) is 5.10 Å². The number of nitrogens with zero attached hydrogens (tertiary/aromatic N) is 3. The third kappa shape index (κ3) is 3.08. The maximum absolute atomic E-state index is 5.00. The van der Waals surface area contributed by atoms with Crippen LogP contribution in [-0.2, 0) is 17.8 Å². The van der Waals surface area contributed by atoms with Crippen molar-refractivity contribution in [1.29, 1.82) is 0 Å². The summed E-state index contributed by atoms with van der Waals surface area (Å²) in [6, 6.07) is 0. The summed E-state index contributed by atoms with van der Waals surface area (Å²) in [5.41, 5.74) is 4.39. The van der Waals surface area contributed by atoms with Gasteiger partial charge in [0.2, 0.25) is 0 Å². The first-order valence-electron chi connectivity index (χ1n) is 6.95. The third-order valence-electron chi connectivity index (χ3n) is 3.35. The zero-order valence-corrected chi connectivity index (χ0v) is 12.7. The summed E-state index contributed by atoms with van der Waals surface area (Å²) < 4.78 is 7.01. The summed E-state index contributed by atoms with van der Waals surface area (Å²) in [6.07, 6.45) is 1.88. The number of methoxy groups -OCH3 is 1. The van der Waals surface area contributed by atoms with E-state index in [4.69, 9.17) is 4.74 Å². The van der Waals surface area contributed by atoms with Crippen molar-refractivity contribution >= 4 is 0 Å². The van der Waals surface area contributed by atoms with Crippen LogP contribution in [0.4, 0.5) is 0 Å². The van der Waals surface area contributed by atoms with E-state index in [1.807, 2.05) is 17.8 Å². The van der Waals surface area contributed by atoms with E-state index in [-0.39, 0.29) is 0 Å². The Bertz CT molecular complexity index is 558. The van der Waals surface area contributed by atoms with Crippen molar-refractivity contribution in [3.8, 4) is 11.3 Å². The predicted molar refractivity (Wildman–Crippen MR) is 78.5 cm³/mol. The maximum atomic E-state index is 5.00. The van der Waals surface area contributed by atoms with Gasteiger partial charge in [-0.3, -0.25) is 4.68 Å². The van der Waals surface area contributed by atoms with Gasteiger partial charge in [-0.1, -0.05) is 0 Å². The normalized spacial score (nSPS) is 11.2. The van der Waals surface area contributed by atoms with Gasteiger partial charge in [-0.05, 0) is 20.8 Å². The number of aryl methyl sites for hydroxylation is 2. The molecule has 2 heterocycles. The van der Waals surface area contributed by atoms with Crippen LogP contribution in [-0.4, -0.2) is 40.0 Å². The minimum Gasteiger partial charge on any atom is -0.383 e. The van der Waals surface area contributed by atoms with Crippen LogP contribution >= 0.6 is 0 Å². The van der Waals surface area contributed by atoms with Crippen molar-refractivity contribution in [3.05, 3.63) is 23.4 Å². The Kier molecular flexibility index (Phi) is 4.92. The molecule has 0 aromatic carbocycles. The Morgan fingerprint density at radius 1 is 1.40 bits per heavy atom. The topological polar surface area (TPSA) is 67.8 Å². The summed E-state index contributed by atoms with van der Waals surface area (Å²) in [7, 11) is 1.70. The van der Waals surface area contributed by atoms with Crippen LogP contribution in [0.5, 0.6) is 0 Å². The van der Waals surface area contributed by atoms with E-state index < -0.39 is 0 Å². The number of hydrogen-bond donors (Lipinski definition) is 2. The summed E-state index contributed by atoms with van der Waals surface area (Å²) in [5, 5.41) is 7.81. The standard InChI is InChI=1S/C14H23N5O/c1-5-19-11(3)14(10(2)18-19)12-8-16-13(17-12)9-15-6-7-20-4/h8,15H,5-7,9H2,1-4H3,(H,16,17). The van der Waals surface area contributed by atoms with Crippen LogP contribution < -0.4 is 5.32 Å². The number of aromatic amines is 1. The molecule has 110 valence electrons. The largest absolute Gasteiger partial charge is 0.383 e. The highest BCUT2D eigenvalue weighted by atomic mass is 16.5. The molecule has 2 N–H and O–H groups in total. The van der Waals surface area contributed by atoms with Crippen LogP contribution in [0.3, 0.4) is 0 Å². The first kappa shape index (κ1) is 14.7. The van der Waals surface area contributed by atoms with Crippen LogP contribution in [0.1, 0.15) is 24.1 Å². The van der Waals surface area contributed by atoms with Gasteiger partial charge in [-0.25, -0.2) is 4.98 Å². The molecule has 0 saturated heterocycles. The molecule has 0 radical (unpaired) electrons. The highest BCUT2D eigenvalue weighted by molar-refractivity contribution is 5.64. The predicted octanol–water partition coefficient (Wildman–Crippen LogP) is 1.65. The third-order valence-corrected chi connectivity index (χ3v) is 3.35. The van der Waals surface area contributed by atoms with Gasteiger partial charge in [0.05, 0.1) is 30.7 Å². The molecular weight excluding hydrogens is 254 g/mol. The fourth-order valence-electron chi connectivity index (χ4n) is 2.35. The van der Waals surface area contributed by atoms with Gasteiger partial charge < -0.3 is 15.0 Å². The van der Waals surface area contributed by atoms with Crippen molar-refractivity contribution in [1.82, 2.24) is 25.1 Å². The molecule has 0 spiro atoms. The van der Waals surface area contributed by atoms with E-state index in [1.54, 1.807) is 7.11 Å². The first-order chi connectivity index (χ1) is 9.67. The molecule has 0 unspecified atom stereocenters. The Balaban J connectivity index is 2.10. The van der Waals surface area contributed by atoms with Crippen LogP contribution in [0, 0.1) is 13.8 Å². The Hall–Kier alpha value is -1.66. The van der Waals surface area contributed by atoms with Gasteiger partial charge in [0, 0.05) is 31.5 Å². The van der Waals surface area contributed by atoms with E-state index in [1.165, 1.54) is 5.69 Å². The second kappa shape index (κ2) is 6.67. The fraction of sp³-hybridized carbons (Fsp3) is 0.571. The zero-order chi connectivity index (χ0) is 14.5. The number of imidazole rings is 1. The molecule has 2 aromatic heterocycles. The van der Waals surface area contributed by atoms with Crippen LogP contribution in [0.2, 0.25) is 0 Å². The Morgan fingerprint density at radius 2 is 2.20 bits per heavy atom. The molecular formula is C14H23N5O. The van der Waals surface area contributed by atoms with Crippen molar-refractivity contribution < 1.29 is 4.74 Å². The average Bonchev–Trinajstić information content (AvgIpc) is 2.99. The van der Waals surface area contributed by atoms with E-state index in [2.05, 4.69) is 34.2 Å². The second-order valence-corrected chi connectivity index (χ2v) is 4.77. The lowest BCUT2D eigenvalue weighted by Crippen LogP contribution is -2.19. The molecule has 0 aliphatic rings. The molecule has 2 rings (SSSR count). The molecule has 6 heteroatoms. The molecule has 0 aliphatic carbocycles. The summed E-state index contributed by atoms with van der Waals surface area (Å²) in [5.74, 6) is 0.930. The molecule has 6 nitrogen and oxygen atoms in total. The number of ether oxygens (including phenoxy) is 1. The zero-order valence-electron chi connectivity index (χ0n) is 12.7. The number of H-pyrrole nitrogens is 1. The Labute approximate surface area is 119 Å². The minimum absolute atomic E-state index is 0.703. The molecule has 2 aromatic rings. The van der Waals surface area contributed by atoms with Gasteiger partial charge >= 0.3 is 0 Å². The molecule has 0 amide bonds. The van der Waals surface area contributed by atoms with Gasteiger partial charge in [0.15, 0.2) is 0 Å². The minimum atomic E-state index is 0.703. The maximum Gasteiger partial charge on any atom is 0.120 e. The smallest absolute Gasteiger partial charge is 0.120 e. The number of rotatable bonds is 7. The number of nitrogens with one attached hydrogen (secondary N) is 2. The number of hydrogen-bond acceptors (Lipinski definition) is 4. The van der Waals surface area contributed by atoms with Gasteiger partial charge in [0.25, 0.3) is 0 Å². The van der Waals surface area contributed by atoms with Crippen molar-refractivity contribution in [2.75, 3.05) is 20.3 Å². The molecule has 0 bridgehead atoms. The summed E-state index contributed by atoms with van der Waals surface area (Å²) in [6.45, 7) is 9.34. The van der Waals surface area contributed by atoms with Crippen molar-refractivity contribution in [2.45, 2.75) is 33.9 Å². The SMILES string of the molecule is CCn1nc(C)c(-c2cnc(CNCCOC)[nH]2)c1C. The van der Waals surface area contributed by atoms with E-state index in [9.17, 15) is 0 Å². The van der Waals surface area contributed by atoms with Crippen molar-refractivity contribution in [3.63, 3.8) is 0 Å². The highest BCUT2D eigenvalue weighted by Crippen LogP contribution is 2.25. The summed E-state index contributed by atoms with van der Waals surface area (Å²) in [4.78, 5) is 7.77. The van der Waals surface area contributed by atoms with E-state index in [0.29, 0.717) is 13.2 Å². The lowest BCUT2D eigenvalue weighted by molar-refractivity contribution is 0.199. The van der Waals surface area contributed by atoms with Crippen molar-refractivity contribution in [2.24, 2.45) is 0 Å². The molecule has 0 atom stereocenters. The second-order valence-electron chi connectivity index (χ2n) is 4.77. The van der Waals surface area contributed by atoms with E-state index in [0.717, 1.165) is 35.9 Å². The fourth-order valence-corrected chi connectivity index (χ4v) is 2.35. The molecule has 20 heavy (non-hydrogen) atoms. The summed E-state index contributed by atoms with van der Waals surface area (Å²) >= 11 is 0. The molecule has 0 fully saturated rings. The Morgan fingerprint density at radius 3 is 2.85 bits per heavy atom. The molecule has 0 saturated carbocycles. The lowest BCUT2D eigenvalue weighted by Gasteiger charge is -2.02. The van der Waals surface area contributed by atoms with Crippen LogP contribution in [0.25, 0.3) is 11.3 Å². The van der Waals surface area contributed by atoms with E-state index >= 15 is 0 Å². The lowest BCUT2D eigenvalue weighted by atomic mass is 10.1.